The minimum absolute atomic E-state index is 0.913. The summed E-state index contributed by atoms with van der Waals surface area (Å²) in [6.07, 6.45) is 4.39. The molecule has 246 valence electrons. The lowest BCUT2D eigenvalue weighted by atomic mass is 10.1. The Morgan fingerprint density at radius 2 is 0.942 bits per heavy atom. The Hall–Kier alpha value is -6.43. The zero-order valence-electron chi connectivity index (χ0n) is 28.7. The average Bonchev–Trinajstić information content (AvgIpc) is 3.91. The van der Waals surface area contributed by atoms with Crippen LogP contribution in [0.2, 0.25) is 0 Å². The molecule has 11 rings (SSSR count). The fourth-order valence-electron chi connectivity index (χ4n) is 8.54. The van der Waals surface area contributed by atoms with E-state index >= 15 is 0 Å². The number of hydrogen-bond donors (Lipinski definition) is 0. The molecule has 52 heavy (non-hydrogen) atoms. The normalized spacial score (nSPS) is 12.3. The van der Waals surface area contributed by atoms with Crippen LogP contribution in [0.4, 0.5) is 0 Å². The molecule has 0 N–H and O–H groups in total. The second-order valence-corrected chi connectivity index (χ2v) is 14.8. The Bertz CT molecular complexity index is 3170. The standard InChI is InChI=1S/C47H32N4S/c1-3-14-31-29(2)52-46-38(31)28-45(50-41-22-11-6-17-34(41)35-18-7-12-23-42(35)50)48-47(46)51-43-24-13-8-19-36(43)37-27-30(25-26-44(37)51)49-39-20-9-4-15-32(39)33-16-5-10-21-40(33)49/h3-28H,1-2H3/b14-3-. The summed E-state index contributed by atoms with van der Waals surface area (Å²) < 4.78 is 8.33. The summed E-state index contributed by atoms with van der Waals surface area (Å²) in [5.74, 6) is 1.87. The van der Waals surface area contributed by atoms with Crippen molar-refractivity contribution < 1.29 is 0 Å². The third kappa shape index (κ3) is 4.00. The number of benzene rings is 6. The lowest BCUT2D eigenvalue weighted by Gasteiger charge is -2.14. The fraction of sp³-hybridized carbons (Fsp3) is 0.0426. The van der Waals surface area contributed by atoms with Crippen LogP contribution in [-0.2, 0) is 0 Å². The maximum absolute atomic E-state index is 5.66. The molecule has 5 heteroatoms. The SMILES string of the molecule is C/C=C\c1c(C)sc2c(-n3c4ccccc4c4cc(-n5c6ccccc6c6ccccc65)ccc43)nc(-n3c4ccccc4c4ccccc43)cc12. The Morgan fingerprint density at radius 1 is 0.481 bits per heavy atom. The molecule has 6 aromatic carbocycles. The van der Waals surface area contributed by atoms with Gasteiger partial charge in [0.2, 0.25) is 0 Å². The number of hydrogen-bond acceptors (Lipinski definition) is 2. The predicted molar refractivity (Wildman–Crippen MR) is 222 cm³/mol. The van der Waals surface area contributed by atoms with Gasteiger partial charge in [0.05, 0.1) is 37.8 Å². The predicted octanol–water partition coefficient (Wildman–Crippen LogP) is 12.9. The monoisotopic (exact) mass is 684 g/mol. The number of allylic oxidation sites excluding steroid dienone is 1. The number of nitrogens with zero attached hydrogens (tertiary/aromatic N) is 4. The van der Waals surface area contributed by atoms with E-state index in [0.29, 0.717) is 0 Å². The highest BCUT2D eigenvalue weighted by atomic mass is 32.1. The van der Waals surface area contributed by atoms with Crippen LogP contribution >= 0.6 is 11.3 Å². The van der Waals surface area contributed by atoms with Crippen LogP contribution in [-0.4, -0.2) is 18.7 Å². The van der Waals surface area contributed by atoms with E-state index in [-0.39, 0.29) is 0 Å². The molecule has 0 aliphatic carbocycles. The molecule has 0 unspecified atom stereocenters. The first kappa shape index (κ1) is 29.3. The number of aryl methyl sites for hydroxylation is 1. The number of para-hydroxylation sites is 5. The van der Waals surface area contributed by atoms with Gasteiger partial charge in [-0.1, -0.05) is 103 Å². The molecule has 0 spiro atoms. The summed E-state index contributed by atoms with van der Waals surface area (Å²) >= 11 is 1.83. The minimum atomic E-state index is 0.913. The van der Waals surface area contributed by atoms with Crippen LogP contribution in [0.5, 0.6) is 0 Å². The van der Waals surface area contributed by atoms with Gasteiger partial charge in [-0.2, -0.15) is 0 Å². The molecule has 0 atom stereocenters. The zero-order chi connectivity index (χ0) is 34.5. The van der Waals surface area contributed by atoms with E-state index in [0.717, 1.165) is 39.4 Å². The molecule has 0 amide bonds. The van der Waals surface area contributed by atoms with Gasteiger partial charge in [-0.05, 0) is 74.0 Å². The molecule has 11 aromatic rings. The largest absolute Gasteiger partial charge is 0.309 e. The van der Waals surface area contributed by atoms with Crippen LogP contribution < -0.4 is 0 Å². The van der Waals surface area contributed by atoms with Crippen molar-refractivity contribution in [2.75, 3.05) is 0 Å². The molecule has 5 aromatic heterocycles. The number of fused-ring (bicyclic) bond motifs is 10. The van der Waals surface area contributed by atoms with Crippen LogP contribution in [0.3, 0.4) is 0 Å². The lowest BCUT2D eigenvalue weighted by Crippen LogP contribution is -2.04. The average molecular weight is 685 g/mol. The Labute approximate surface area is 303 Å². The van der Waals surface area contributed by atoms with Crippen LogP contribution in [0.15, 0.2) is 152 Å². The molecular weight excluding hydrogens is 653 g/mol. The van der Waals surface area contributed by atoms with Gasteiger partial charge in [0, 0.05) is 48.3 Å². The van der Waals surface area contributed by atoms with Crippen molar-refractivity contribution >= 4 is 92.9 Å². The smallest absolute Gasteiger partial charge is 0.158 e. The summed E-state index contributed by atoms with van der Waals surface area (Å²) in [4.78, 5) is 6.94. The number of pyridine rings is 1. The van der Waals surface area contributed by atoms with Gasteiger partial charge in [0.25, 0.3) is 0 Å². The second-order valence-electron chi connectivity index (χ2n) is 13.5. The fourth-order valence-corrected chi connectivity index (χ4v) is 9.64. The number of rotatable bonds is 4. The highest BCUT2D eigenvalue weighted by Crippen LogP contribution is 2.42. The first-order valence-electron chi connectivity index (χ1n) is 17.8. The van der Waals surface area contributed by atoms with Gasteiger partial charge >= 0.3 is 0 Å². The summed E-state index contributed by atoms with van der Waals surface area (Å²) in [7, 11) is 0. The summed E-state index contributed by atoms with van der Waals surface area (Å²) in [6.45, 7) is 4.33. The summed E-state index contributed by atoms with van der Waals surface area (Å²) in [5, 5.41) is 8.61. The molecule has 5 heterocycles. The molecule has 0 aliphatic rings. The minimum Gasteiger partial charge on any atom is -0.309 e. The highest BCUT2D eigenvalue weighted by molar-refractivity contribution is 7.19. The zero-order valence-corrected chi connectivity index (χ0v) is 29.5. The van der Waals surface area contributed by atoms with Gasteiger partial charge < -0.3 is 4.57 Å². The lowest BCUT2D eigenvalue weighted by molar-refractivity contribution is 1.03. The maximum Gasteiger partial charge on any atom is 0.158 e. The van der Waals surface area contributed by atoms with Gasteiger partial charge in [-0.25, -0.2) is 4.98 Å². The third-order valence-corrected chi connectivity index (χ3v) is 11.8. The van der Waals surface area contributed by atoms with Gasteiger partial charge in [0.15, 0.2) is 5.82 Å². The first-order valence-corrected chi connectivity index (χ1v) is 18.6. The molecule has 0 fully saturated rings. The van der Waals surface area contributed by atoms with Gasteiger partial charge in [-0.3, -0.25) is 9.13 Å². The van der Waals surface area contributed by atoms with Crippen molar-refractivity contribution in [2.45, 2.75) is 13.8 Å². The molecule has 0 saturated carbocycles. The van der Waals surface area contributed by atoms with E-state index in [2.05, 4.69) is 185 Å². The number of thiophene rings is 1. The number of aromatic nitrogens is 4. The maximum atomic E-state index is 5.66. The van der Waals surface area contributed by atoms with E-state index < -0.39 is 0 Å². The molecule has 0 aliphatic heterocycles. The Morgan fingerprint density at radius 3 is 1.48 bits per heavy atom. The quantitative estimate of drug-likeness (QED) is 0.181. The van der Waals surface area contributed by atoms with Crippen molar-refractivity contribution in [1.82, 2.24) is 18.7 Å². The summed E-state index contributed by atoms with van der Waals surface area (Å²) in [5.41, 5.74) is 9.40. The second kappa shape index (κ2) is 11.0. The molecule has 0 saturated heterocycles. The molecule has 4 nitrogen and oxygen atoms in total. The van der Waals surface area contributed by atoms with Crippen molar-refractivity contribution in [1.29, 1.82) is 0 Å². The van der Waals surface area contributed by atoms with Crippen molar-refractivity contribution in [3.05, 3.63) is 162 Å². The van der Waals surface area contributed by atoms with Gasteiger partial charge in [0.1, 0.15) is 5.82 Å². The highest BCUT2D eigenvalue weighted by Gasteiger charge is 2.23. The van der Waals surface area contributed by atoms with E-state index in [1.807, 2.05) is 11.3 Å². The van der Waals surface area contributed by atoms with E-state index in [9.17, 15) is 0 Å². The van der Waals surface area contributed by atoms with Crippen LogP contribution in [0, 0.1) is 6.92 Å². The topological polar surface area (TPSA) is 27.7 Å². The molecule has 0 bridgehead atoms. The van der Waals surface area contributed by atoms with Crippen molar-refractivity contribution in [3.63, 3.8) is 0 Å². The van der Waals surface area contributed by atoms with Crippen molar-refractivity contribution in [2.24, 2.45) is 0 Å². The molecule has 0 radical (unpaired) electrons. The third-order valence-electron chi connectivity index (χ3n) is 10.7. The summed E-state index contributed by atoms with van der Waals surface area (Å²) in [6, 6.07) is 52.8. The van der Waals surface area contributed by atoms with Gasteiger partial charge in [-0.15, -0.1) is 11.3 Å². The van der Waals surface area contributed by atoms with E-state index in [4.69, 9.17) is 4.98 Å². The van der Waals surface area contributed by atoms with Crippen molar-refractivity contribution in [3.8, 4) is 17.3 Å². The Balaban J connectivity index is 1.25. The van der Waals surface area contributed by atoms with E-state index in [1.165, 1.54) is 63.9 Å². The van der Waals surface area contributed by atoms with Crippen LogP contribution in [0.25, 0.3) is 98.9 Å². The first-order chi connectivity index (χ1) is 25.7. The Kier molecular flexibility index (Phi) is 6.22. The van der Waals surface area contributed by atoms with Crippen LogP contribution in [0.1, 0.15) is 17.4 Å². The van der Waals surface area contributed by atoms with E-state index in [1.54, 1.807) is 0 Å². The molecular formula is C47H32N4S.